The summed E-state index contributed by atoms with van der Waals surface area (Å²) in [6.45, 7) is 3.75. The second-order valence-corrected chi connectivity index (χ2v) is 3.63. The Kier molecular flexibility index (Phi) is 2.19. The van der Waals surface area contributed by atoms with Crippen LogP contribution in [0.1, 0.15) is 20.3 Å². The van der Waals surface area contributed by atoms with E-state index in [1.807, 2.05) is 0 Å². The van der Waals surface area contributed by atoms with Crippen LogP contribution in [0.2, 0.25) is 0 Å². The molecule has 0 aromatic rings. The van der Waals surface area contributed by atoms with Gasteiger partial charge < -0.3 is 10.0 Å². The molecule has 0 aliphatic carbocycles. The topological polar surface area (TPSA) is 57.6 Å². The van der Waals surface area contributed by atoms with Crippen LogP contribution in [0.3, 0.4) is 0 Å². The molecule has 12 heavy (non-hydrogen) atoms. The largest absolute Gasteiger partial charge is 0.386 e. The van der Waals surface area contributed by atoms with Crippen molar-refractivity contribution in [3.63, 3.8) is 0 Å². The number of hydrogen-bond donors (Lipinski definition) is 1. The first kappa shape index (κ1) is 9.19. The molecule has 1 aliphatic rings. The molecule has 4 nitrogen and oxygen atoms in total. The molecule has 1 aliphatic heterocycles. The van der Waals surface area contributed by atoms with Crippen molar-refractivity contribution < 1.29 is 14.7 Å². The Morgan fingerprint density at radius 1 is 1.50 bits per heavy atom. The zero-order valence-electron chi connectivity index (χ0n) is 7.33. The predicted molar refractivity (Wildman–Crippen MR) is 42.5 cm³/mol. The van der Waals surface area contributed by atoms with Crippen molar-refractivity contribution in [1.29, 1.82) is 0 Å². The number of rotatable bonds is 2. The van der Waals surface area contributed by atoms with Gasteiger partial charge in [-0.05, 0) is 13.8 Å². The van der Waals surface area contributed by atoms with Gasteiger partial charge in [0.25, 0.3) is 0 Å². The van der Waals surface area contributed by atoms with E-state index in [-0.39, 0.29) is 18.1 Å². The minimum Gasteiger partial charge on any atom is -0.386 e. The number of likely N-dealkylation sites (tertiary alicyclic amines) is 1. The molecule has 0 saturated carbocycles. The minimum absolute atomic E-state index is 0.0456. The van der Waals surface area contributed by atoms with E-state index in [1.165, 1.54) is 11.8 Å². The second-order valence-electron chi connectivity index (χ2n) is 3.63. The normalized spacial score (nSPS) is 20.1. The highest BCUT2D eigenvalue weighted by Gasteiger charge is 2.39. The van der Waals surface area contributed by atoms with Crippen LogP contribution in [0, 0.1) is 0 Å². The Morgan fingerprint density at radius 2 is 2.00 bits per heavy atom. The number of carbonyl (C=O) groups excluding carboxylic acids is 2. The lowest BCUT2D eigenvalue weighted by atomic mass is 9.96. The lowest BCUT2D eigenvalue weighted by Gasteiger charge is -2.44. The van der Waals surface area contributed by atoms with Crippen molar-refractivity contribution in [1.82, 2.24) is 4.90 Å². The van der Waals surface area contributed by atoms with Gasteiger partial charge in [0.2, 0.25) is 5.91 Å². The monoisotopic (exact) mass is 171 g/mol. The summed E-state index contributed by atoms with van der Waals surface area (Å²) in [6.07, 6.45) is -0.0456. The summed E-state index contributed by atoms with van der Waals surface area (Å²) < 4.78 is 0. The van der Waals surface area contributed by atoms with Crippen LogP contribution in [-0.4, -0.2) is 40.4 Å². The van der Waals surface area contributed by atoms with Gasteiger partial charge >= 0.3 is 0 Å². The summed E-state index contributed by atoms with van der Waals surface area (Å²) in [4.78, 5) is 23.2. The van der Waals surface area contributed by atoms with Crippen LogP contribution in [0.4, 0.5) is 0 Å². The lowest BCUT2D eigenvalue weighted by Crippen LogP contribution is -2.61. The number of carbonyl (C=O) groups is 2. The Balaban J connectivity index is 2.33. The maximum atomic E-state index is 11.1. The number of nitrogens with zero attached hydrogens (tertiary/aromatic N) is 1. The molecule has 68 valence electrons. The first-order valence-corrected chi connectivity index (χ1v) is 3.90. The van der Waals surface area contributed by atoms with Crippen molar-refractivity contribution in [3.05, 3.63) is 0 Å². The zero-order valence-corrected chi connectivity index (χ0v) is 7.33. The molecule has 0 unspecified atom stereocenters. The van der Waals surface area contributed by atoms with Crippen molar-refractivity contribution in [2.45, 2.75) is 25.9 Å². The van der Waals surface area contributed by atoms with Gasteiger partial charge in [0, 0.05) is 0 Å². The van der Waals surface area contributed by atoms with Crippen LogP contribution in [0.15, 0.2) is 0 Å². The molecule has 0 atom stereocenters. The third-order valence-electron chi connectivity index (χ3n) is 1.82. The maximum absolute atomic E-state index is 11.1. The van der Waals surface area contributed by atoms with Crippen molar-refractivity contribution in [3.8, 4) is 0 Å². The number of Topliss-reactive ketones (excluding diaryl/α,β-unsaturated/α-hetero) is 1. The second kappa shape index (κ2) is 2.86. The molecule has 1 heterocycles. The van der Waals surface area contributed by atoms with E-state index in [2.05, 4.69) is 0 Å². The Morgan fingerprint density at radius 3 is 2.33 bits per heavy atom. The highest BCUT2D eigenvalue weighted by Crippen LogP contribution is 2.20. The van der Waals surface area contributed by atoms with E-state index in [0.29, 0.717) is 13.1 Å². The highest BCUT2D eigenvalue weighted by atomic mass is 16.3. The number of ketones is 1. The quantitative estimate of drug-likeness (QED) is 0.573. The smallest absolute Gasteiger partial charge is 0.230 e. The van der Waals surface area contributed by atoms with Crippen molar-refractivity contribution in [2.24, 2.45) is 0 Å². The molecular formula is C8H13NO3. The molecule has 0 spiro atoms. The Bertz CT molecular complexity index is 214. The lowest BCUT2D eigenvalue weighted by molar-refractivity contribution is -0.153. The minimum atomic E-state index is -0.744. The van der Waals surface area contributed by atoms with Gasteiger partial charge in [0.15, 0.2) is 0 Å². The van der Waals surface area contributed by atoms with Gasteiger partial charge in [0.05, 0.1) is 25.1 Å². The van der Waals surface area contributed by atoms with Crippen molar-refractivity contribution >= 4 is 11.7 Å². The average molecular weight is 171 g/mol. The number of β-amino-alcohol motifs (C(OH)–C–C–N with tert-alkyl or cyclic N) is 1. The van der Waals surface area contributed by atoms with Crippen LogP contribution < -0.4 is 0 Å². The van der Waals surface area contributed by atoms with Crippen LogP contribution in [0.5, 0.6) is 0 Å². The first-order valence-electron chi connectivity index (χ1n) is 3.90. The Hall–Kier alpha value is -0.900. The molecule has 0 bridgehead atoms. The number of amides is 1. The third kappa shape index (κ3) is 2.04. The summed E-state index contributed by atoms with van der Waals surface area (Å²) in [7, 11) is 0. The zero-order chi connectivity index (χ0) is 9.35. The van der Waals surface area contributed by atoms with Gasteiger partial charge in [-0.15, -0.1) is 0 Å². The van der Waals surface area contributed by atoms with Gasteiger partial charge in [-0.25, -0.2) is 0 Å². The fourth-order valence-corrected chi connectivity index (χ4v) is 1.28. The van der Waals surface area contributed by atoms with E-state index in [1.54, 1.807) is 6.92 Å². The average Bonchev–Trinajstić information content (AvgIpc) is 1.80. The SMILES string of the molecule is CC(=O)CC(=O)N1CC(C)(O)C1. The summed E-state index contributed by atoms with van der Waals surface area (Å²) in [5.41, 5.74) is -0.744. The molecule has 0 radical (unpaired) electrons. The van der Waals surface area contributed by atoms with Gasteiger partial charge in [-0.1, -0.05) is 0 Å². The van der Waals surface area contributed by atoms with Crippen molar-refractivity contribution in [2.75, 3.05) is 13.1 Å². The number of aliphatic hydroxyl groups is 1. The molecule has 1 amide bonds. The molecular weight excluding hydrogens is 158 g/mol. The van der Waals surface area contributed by atoms with Crippen LogP contribution >= 0.6 is 0 Å². The summed E-state index contributed by atoms with van der Waals surface area (Å²) in [5, 5.41) is 9.29. The summed E-state index contributed by atoms with van der Waals surface area (Å²) in [6, 6.07) is 0. The van der Waals surface area contributed by atoms with Crippen LogP contribution in [-0.2, 0) is 9.59 Å². The standard InChI is InChI=1S/C8H13NO3/c1-6(10)3-7(11)9-4-8(2,12)5-9/h12H,3-5H2,1-2H3. The molecule has 0 aromatic heterocycles. The molecule has 4 heteroatoms. The van der Waals surface area contributed by atoms with Crippen LogP contribution in [0.25, 0.3) is 0 Å². The molecule has 1 N–H and O–H groups in total. The first-order chi connectivity index (χ1) is 5.41. The van der Waals surface area contributed by atoms with Gasteiger partial charge in [-0.3, -0.25) is 9.59 Å². The van der Waals surface area contributed by atoms with E-state index in [4.69, 9.17) is 0 Å². The fraction of sp³-hybridized carbons (Fsp3) is 0.750. The van der Waals surface area contributed by atoms with Gasteiger partial charge in [-0.2, -0.15) is 0 Å². The molecule has 0 aromatic carbocycles. The summed E-state index contributed by atoms with van der Waals surface area (Å²) >= 11 is 0. The fourth-order valence-electron chi connectivity index (χ4n) is 1.28. The highest BCUT2D eigenvalue weighted by molar-refractivity contribution is 5.97. The Labute approximate surface area is 71.2 Å². The summed E-state index contributed by atoms with van der Waals surface area (Å²) in [5.74, 6) is -0.319. The number of hydrogen-bond acceptors (Lipinski definition) is 3. The molecule has 1 rings (SSSR count). The van der Waals surface area contributed by atoms with Gasteiger partial charge in [0.1, 0.15) is 5.78 Å². The molecule has 1 saturated heterocycles. The maximum Gasteiger partial charge on any atom is 0.230 e. The third-order valence-corrected chi connectivity index (χ3v) is 1.82. The molecule has 1 fully saturated rings. The van der Waals surface area contributed by atoms with E-state index >= 15 is 0 Å². The van der Waals surface area contributed by atoms with E-state index in [9.17, 15) is 14.7 Å². The van der Waals surface area contributed by atoms with E-state index < -0.39 is 5.60 Å². The van der Waals surface area contributed by atoms with E-state index in [0.717, 1.165) is 0 Å². The predicted octanol–water partition coefficient (Wildman–Crippen LogP) is -0.441.